The highest BCUT2D eigenvalue weighted by molar-refractivity contribution is 5.90. The zero-order valence-electron chi connectivity index (χ0n) is 13.8. The number of phenols is 1. The van der Waals surface area contributed by atoms with Gasteiger partial charge in [0.1, 0.15) is 0 Å². The molecule has 3 rings (SSSR count). The summed E-state index contributed by atoms with van der Waals surface area (Å²) in [5.41, 5.74) is 4.12. The molecule has 0 aliphatic heterocycles. The highest BCUT2D eigenvalue weighted by Crippen LogP contribution is 2.25. The van der Waals surface area contributed by atoms with Crippen molar-refractivity contribution in [3.8, 4) is 11.5 Å². The van der Waals surface area contributed by atoms with Crippen molar-refractivity contribution in [1.82, 2.24) is 5.43 Å². The van der Waals surface area contributed by atoms with Gasteiger partial charge in [0.2, 0.25) is 5.91 Å². The van der Waals surface area contributed by atoms with E-state index in [9.17, 15) is 9.90 Å². The van der Waals surface area contributed by atoms with Crippen molar-refractivity contribution in [2.24, 2.45) is 5.10 Å². The van der Waals surface area contributed by atoms with Gasteiger partial charge in [0.25, 0.3) is 0 Å². The van der Waals surface area contributed by atoms with E-state index in [4.69, 9.17) is 4.74 Å². The first-order chi connectivity index (χ1) is 12.2. The van der Waals surface area contributed by atoms with Gasteiger partial charge in [-0.15, -0.1) is 0 Å². The van der Waals surface area contributed by atoms with E-state index in [1.165, 1.54) is 19.4 Å². The number of carbonyl (C=O) groups is 1. The van der Waals surface area contributed by atoms with Crippen molar-refractivity contribution in [3.05, 3.63) is 71.8 Å². The molecule has 1 amide bonds. The van der Waals surface area contributed by atoms with E-state index >= 15 is 0 Å². The minimum absolute atomic E-state index is 0.0218. The first kappa shape index (κ1) is 16.5. The molecule has 0 atom stereocenters. The summed E-state index contributed by atoms with van der Waals surface area (Å²) >= 11 is 0. The van der Waals surface area contributed by atoms with Crippen molar-refractivity contribution in [2.45, 2.75) is 6.42 Å². The lowest BCUT2D eigenvalue weighted by Gasteiger charge is -2.05. The molecule has 5 heteroatoms. The predicted octanol–water partition coefficient (Wildman–Crippen LogP) is 3.25. The Labute approximate surface area is 145 Å². The van der Waals surface area contributed by atoms with E-state index < -0.39 is 0 Å². The van der Waals surface area contributed by atoms with Crippen LogP contribution in [0.5, 0.6) is 11.5 Å². The second-order valence-corrected chi connectivity index (χ2v) is 5.54. The molecular weight excluding hydrogens is 316 g/mol. The number of benzene rings is 3. The Morgan fingerprint density at radius 1 is 1.16 bits per heavy atom. The number of ether oxygens (including phenoxy) is 1. The minimum Gasteiger partial charge on any atom is -0.504 e. The quantitative estimate of drug-likeness (QED) is 0.556. The van der Waals surface area contributed by atoms with Crippen molar-refractivity contribution in [3.63, 3.8) is 0 Å². The molecule has 25 heavy (non-hydrogen) atoms. The topological polar surface area (TPSA) is 70.9 Å². The molecule has 2 N–H and O–H groups in total. The van der Waals surface area contributed by atoms with Gasteiger partial charge in [0.15, 0.2) is 11.5 Å². The number of rotatable bonds is 5. The zero-order valence-corrected chi connectivity index (χ0v) is 13.8. The van der Waals surface area contributed by atoms with Gasteiger partial charge in [-0.1, -0.05) is 42.5 Å². The summed E-state index contributed by atoms with van der Waals surface area (Å²) in [5, 5.41) is 15.8. The molecule has 3 aromatic carbocycles. The average Bonchev–Trinajstić information content (AvgIpc) is 2.62. The Morgan fingerprint density at radius 2 is 1.96 bits per heavy atom. The van der Waals surface area contributed by atoms with Crippen LogP contribution in [0.1, 0.15) is 11.1 Å². The number of hydrogen-bond donors (Lipinski definition) is 2. The van der Waals surface area contributed by atoms with Gasteiger partial charge < -0.3 is 9.84 Å². The van der Waals surface area contributed by atoms with Crippen LogP contribution in [-0.2, 0) is 11.2 Å². The molecule has 5 nitrogen and oxygen atoms in total. The number of phenolic OH excluding ortho intramolecular Hbond substituents is 1. The molecule has 0 saturated carbocycles. The molecular formula is C20H18N2O3. The molecule has 0 aliphatic carbocycles. The standard InChI is InChI=1S/C20H18N2O3/c1-25-19-10-9-14(11-18(19)23)13-21-22-20(24)12-16-7-4-6-15-5-2-3-8-17(15)16/h2-11,13,23H,12H2,1H3,(H,22,24). The molecule has 3 aromatic rings. The van der Waals surface area contributed by atoms with Crippen LogP contribution in [0.15, 0.2) is 65.8 Å². The Kier molecular flexibility index (Phi) is 4.95. The van der Waals surface area contributed by atoms with Gasteiger partial charge in [0, 0.05) is 0 Å². The number of aromatic hydroxyl groups is 1. The summed E-state index contributed by atoms with van der Waals surface area (Å²) in [6.07, 6.45) is 1.71. The Balaban J connectivity index is 1.65. The summed E-state index contributed by atoms with van der Waals surface area (Å²) in [6, 6.07) is 18.7. The molecule has 126 valence electrons. The first-order valence-electron chi connectivity index (χ1n) is 7.83. The van der Waals surface area contributed by atoms with Crippen LogP contribution in [0.2, 0.25) is 0 Å². The summed E-state index contributed by atoms with van der Waals surface area (Å²) < 4.78 is 4.98. The van der Waals surface area contributed by atoms with Gasteiger partial charge in [-0.05, 0) is 40.1 Å². The molecule has 0 spiro atoms. The van der Waals surface area contributed by atoms with Crippen LogP contribution in [0.3, 0.4) is 0 Å². The number of methoxy groups -OCH3 is 1. The normalized spacial score (nSPS) is 10.9. The van der Waals surface area contributed by atoms with Crippen LogP contribution in [0.25, 0.3) is 10.8 Å². The predicted molar refractivity (Wildman–Crippen MR) is 98.0 cm³/mol. The molecule has 0 aliphatic rings. The molecule has 0 unspecified atom stereocenters. The lowest BCUT2D eigenvalue weighted by Crippen LogP contribution is -2.19. The zero-order chi connectivity index (χ0) is 17.6. The summed E-state index contributed by atoms with van der Waals surface area (Å²) in [4.78, 5) is 12.1. The van der Waals surface area contributed by atoms with Crippen molar-refractivity contribution >= 4 is 22.9 Å². The second kappa shape index (κ2) is 7.49. The van der Waals surface area contributed by atoms with Crippen LogP contribution in [0.4, 0.5) is 0 Å². The maximum Gasteiger partial charge on any atom is 0.244 e. The third-order valence-corrected chi connectivity index (χ3v) is 3.84. The Hall–Kier alpha value is -3.34. The van der Waals surface area contributed by atoms with Crippen molar-refractivity contribution < 1.29 is 14.6 Å². The van der Waals surface area contributed by atoms with Crippen molar-refractivity contribution in [1.29, 1.82) is 0 Å². The van der Waals surface area contributed by atoms with E-state index in [-0.39, 0.29) is 18.1 Å². The molecule has 0 bridgehead atoms. The van der Waals surface area contributed by atoms with E-state index in [0.717, 1.165) is 16.3 Å². The Bertz CT molecular complexity index is 930. The van der Waals surface area contributed by atoms with Crippen LogP contribution in [-0.4, -0.2) is 24.3 Å². The van der Waals surface area contributed by atoms with Gasteiger partial charge in [-0.25, -0.2) is 5.43 Å². The lowest BCUT2D eigenvalue weighted by atomic mass is 10.0. The maximum atomic E-state index is 12.1. The van der Waals surface area contributed by atoms with E-state index in [2.05, 4.69) is 10.5 Å². The number of nitrogens with zero attached hydrogens (tertiary/aromatic N) is 1. The molecule has 0 fully saturated rings. The molecule has 0 radical (unpaired) electrons. The second-order valence-electron chi connectivity index (χ2n) is 5.54. The van der Waals surface area contributed by atoms with Crippen LogP contribution in [0, 0.1) is 0 Å². The highest BCUT2D eigenvalue weighted by atomic mass is 16.5. The van der Waals surface area contributed by atoms with E-state index in [1.54, 1.807) is 12.1 Å². The van der Waals surface area contributed by atoms with E-state index in [1.807, 2.05) is 42.5 Å². The van der Waals surface area contributed by atoms with Crippen LogP contribution < -0.4 is 10.2 Å². The number of carbonyl (C=O) groups excluding carboxylic acids is 1. The molecule has 0 aromatic heterocycles. The summed E-state index contributed by atoms with van der Waals surface area (Å²) in [6.45, 7) is 0. The number of nitrogens with one attached hydrogen (secondary N) is 1. The number of hydrogen-bond acceptors (Lipinski definition) is 4. The van der Waals surface area contributed by atoms with Gasteiger partial charge in [0.05, 0.1) is 19.7 Å². The SMILES string of the molecule is COc1ccc(C=NNC(=O)Cc2cccc3ccccc23)cc1O. The average molecular weight is 334 g/mol. The molecule has 0 saturated heterocycles. The maximum absolute atomic E-state index is 12.1. The van der Waals surface area contributed by atoms with Gasteiger partial charge in [-0.2, -0.15) is 5.10 Å². The van der Waals surface area contributed by atoms with Crippen LogP contribution >= 0.6 is 0 Å². The third kappa shape index (κ3) is 3.95. The lowest BCUT2D eigenvalue weighted by molar-refractivity contribution is -0.120. The number of hydrazone groups is 1. The Morgan fingerprint density at radius 3 is 2.76 bits per heavy atom. The summed E-state index contributed by atoms with van der Waals surface area (Å²) in [7, 11) is 1.48. The monoisotopic (exact) mass is 334 g/mol. The fourth-order valence-electron chi connectivity index (χ4n) is 2.63. The number of amides is 1. The fourth-order valence-corrected chi connectivity index (χ4v) is 2.63. The van der Waals surface area contributed by atoms with Crippen molar-refractivity contribution in [2.75, 3.05) is 7.11 Å². The number of fused-ring (bicyclic) bond motifs is 1. The van der Waals surface area contributed by atoms with E-state index in [0.29, 0.717) is 11.3 Å². The summed E-state index contributed by atoms with van der Waals surface area (Å²) in [5.74, 6) is 0.205. The highest BCUT2D eigenvalue weighted by Gasteiger charge is 2.06. The first-order valence-corrected chi connectivity index (χ1v) is 7.83. The van der Waals surface area contributed by atoms with Gasteiger partial charge in [-0.3, -0.25) is 4.79 Å². The third-order valence-electron chi connectivity index (χ3n) is 3.84. The minimum atomic E-state index is -0.203. The smallest absolute Gasteiger partial charge is 0.244 e. The largest absolute Gasteiger partial charge is 0.504 e. The fraction of sp³-hybridized carbons (Fsp3) is 0.100. The molecule has 0 heterocycles. The van der Waals surface area contributed by atoms with Gasteiger partial charge >= 0.3 is 0 Å².